The third-order valence-corrected chi connectivity index (χ3v) is 6.36. The molecule has 0 amide bonds. The molecule has 0 saturated carbocycles. The van der Waals surface area contributed by atoms with Crippen LogP contribution >= 0.6 is 22.7 Å². The minimum Gasteiger partial charge on any atom is -0.356 e. The van der Waals surface area contributed by atoms with Crippen molar-refractivity contribution in [1.29, 1.82) is 0 Å². The summed E-state index contributed by atoms with van der Waals surface area (Å²) in [6.45, 7) is 1.88. The van der Waals surface area contributed by atoms with Crippen molar-refractivity contribution in [2.75, 3.05) is 10.6 Å². The van der Waals surface area contributed by atoms with E-state index in [9.17, 15) is 9.59 Å². The van der Waals surface area contributed by atoms with E-state index < -0.39 is 0 Å². The fourth-order valence-electron chi connectivity index (χ4n) is 3.33. The number of nitrogens with zero attached hydrogens (tertiary/aromatic N) is 4. The Bertz CT molecular complexity index is 1230. The maximum absolute atomic E-state index is 12.4. The average Bonchev–Trinajstić information content (AvgIpc) is 3.27. The Morgan fingerprint density at radius 2 is 1.13 bits per heavy atom. The monoisotopic (exact) mass is 438 g/mol. The van der Waals surface area contributed by atoms with Gasteiger partial charge in [0.2, 0.25) is 10.3 Å². The SMILES string of the molecule is O=c1sc2nn1Cc1cccc(c1)Cn1nc(sc1=O)NCc1cccc(c1)CN2. The van der Waals surface area contributed by atoms with Gasteiger partial charge >= 0.3 is 9.75 Å². The first-order valence-corrected chi connectivity index (χ1v) is 11.0. The van der Waals surface area contributed by atoms with Crippen molar-refractivity contribution in [3.8, 4) is 0 Å². The van der Waals surface area contributed by atoms with Crippen LogP contribution in [0.5, 0.6) is 0 Å². The molecule has 8 bridgehead atoms. The van der Waals surface area contributed by atoms with E-state index in [1.807, 2.05) is 42.5 Å². The lowest BCUT2D eigenvalue weighted by molar-refractivity contribution is 0.655. The molecule has 2 N–H and O–H groups in total. The second-order valence-corrected chi connectivity index (χ2v) is 8.89. The van der Waals surface area contributed by atoms with Gasteiger partial charge in [0.1, 0.15) is 0 Å². The molecular formula is C20H18N6O2S2. The van der Waals surface area contributed by atoms with Crippen molar-refractivity contribution < 1.29 is 0 Å². The molecule has 0 radical (unpaired) electrons. The van der Waals surface area contributed by atoms with Crippen LogP contribution in [0.15, 0.2) is 58.1 Å². The molecule has 10 heteroatoms. The molecule has 2 aromatic heterocycles. The molecule has 0 unspecified atom stereocenters. The zero-order valence-corrected chi connectivity index (χ0v) is 17.5. The van der Waals surface area contributed by atoms with Gasteiger partial charge in [-0.2, -0.15) is 0 Å². The van der Waals surface area contributed by atoms with Gasteiger partial charge in [0.05, 0.1) is 13.1 Å². The molecule has 152 valence electrons. The zero-order chi connectivity index (χ0) is 20.5. The predicted octanol–water partition coefficient (Wildman–Crippen LogP) is 2.56. The third kappa shape index (κ3) is 4.05. The number of aromatic nitrogens is 4. The number of hydrogen-bond donors (Lipinski definition) is 2. The Hall–Kier alpha value is -3.24. The fraction of sp³-hybridized carbons (Fsp3) is 0.200. The highest BCUT2D eigenvalue weighted by atomic mass is 32.1. The number of nitrogens with one attached hydrogen (secondary N) is 2. The molecule has 1 aliphatic rings. The van der Waals surface area contributed by atoms with Gasteiger partial charge in [-0.15, -0.1) is 10.2 Å². The number of anilines is 2. The van der Waals surface area contributed by atoms with Crippen LogP contribution in [0.4, 0.5) is 10.3 Å². The lowest BCUT2D eigenvalue weighted by Gasteiger charge is -2.08. The van der Waals surface area contributed by atoms with E-state index in [4.69, 9.17) is 0 Å². The highest BCUT2D eigenvalue weighted by Gasteiger charge is 2.10. The van der Waals surface area contributed by atoms with Crippen molar-refractivity contribution in [2.45, 2.75) is 26.2 Å². The van der Waals surface area contributed by atoms with E-state index in [2.05, 4.69) is 26.9 Å². The van der Waals surface area contributed by atoms with Crippen molar-refractivity contribution in [3.05, 3.63) is 90.1 Å². The van der Waals surface area contributed by atoms with E-state index in [0.29, 0.717) is 36.4 Å². The van der Waals surface area contributed by atoms with Gasteiger partial charge in [0.25, 0.3) is 0 Å². The van der Waals surface area contributed by atoms with Crippen molar-refractivity contribution in [3.63, 3.8) is 0 Å². The van der Waals surface area contributed by atoms with Crippen LogP contribution in [0.1, 0.15) is 22.3 Å². The minimum atomic E-state index is -0.112. The quantitative estimate of drug-likeness (QED) is 0.438. The first-order chi connectivity index (χ1) is 14.6. The Balaban J connectivity index is 1.53. The van der Waals surface area contributed by atoms with Crippen LogP contribution in [-0.2, 0) is 26.2 Å². The van der Waals surface area contributed by atoms with Crippen LogP contribution < -0.4 is 20.4 Å². The fourth-order valence-corrected chi connectivity index (χ4v) is 4.65. The van der Waals surface area contributed by atoms with Crippen LogP contribution in [0.25, 0.3) is 0 Å². The maximum atomic E-state index is 12.4. The van der Waals surface area contributed by atoms with Gasteiger partial charge in [0, 0.05) is 13.1 Å². The molecule has 0 aliphatic carbocycles. The highest BCUT2D eigenvalue weighted by molar-refractivity contribution is 7.13. The Kier molecular flexibility index (Phi) is 4.93. The van der Waals surface area contributed by atoms with E-state index in [1.165, 1.54) is 9.36 Å². The first-order valence-electron chi connectivity index (χ1n) is 9.42. The third-order valence-electron chi connectivity index (χ3n) is 4.75. The predicted molar refractivity (Wildman–Crippen MR) is 118 cm³/mol. The molecular weight excluding hydrogens is 420 g/mol. The van der Waals surface area contributed by atoms with E-state index in [-0.39, 0.29) is 9.75 Å². The minimum absolute atomic E-state index is 0.112. The lowest BCUT2D eigenvalue weighted by Crippen LogP contribution is -2.17. The summed E-state index contributed by atoms with van der Waals surface area (Å²) < 4.78 is 2.92. The molecule has 4 aromatic rings. The standard InChI is InChI=1S/C20H18N6O2S2/c27-19-25-11-15-5-2-6-16(8-15)12-26-20(28)30-18(24-26)22-10-14-4-1-3-13(7-14)9-21-17(23-25)29-19/h1-8H,9-12H2,(H,21,23)(H,22,24). The van der Waals surface area contributed by atoms with Gasteiger partial charge in [-0.05, 0) is 44.9 Å². The summed E-state index contributed by atoms with van der Waals surface area (Å²) in [5.41, 5.74) is 4.05. The van der Waals surface area contributed by atoms with E-state index >= 15 is 0 Å². The summed E-state index contributed by atoms with van der Waals surface area (Å²) in [4.78, 5) is 24.5. The number of hydrogen-bond acceptors (Lipinski definition) is 8. The highest BCUT2D eigenvalue weighted by Crippen LogP contribution is 2.15. The maximum Gasteiger partial charge on any atom is 0.327 e. The smallest absolute Gasteiger partial charge is 0.327 e. The number of fused-ring (bicyclic) bond motifs is 8. The largest absolute Gasteiger partial charge is 0.356 e. The summed E-state index contributed by atoms with van der Waals surface area (Å²) in [6, 6.07) is 15.9. The molecule has 2 aromatic carbocycles. The van der Waals surface area contributed by atoms with E-state index in [0.717, 1.165) is 44.9 Å². The van der Waals surface area contributed by atoms with Crippen LogP contribution in [0.3, 0.4) is 0 Å². The molecule has 8 nitrogen and oxygen atoms in total. The van der Waals surface area contributed by atoms with Crippen molar-refractivity contribution in [2.24, 2.45) is 0 Å². The van der Waals surface area contributed by atoms with Crippen LogP contribution in [0, 0.1) is 0 Å². The molecule has 30 heavy (non-hydrogen) atoms. The first kappa shape index (κ1) is 18.8. The molecule has 0 atom stereocenters. The Morgan fingerprint density at radius 3 is 1.63 bits per heavy atom. The average molecular weight is 439 g/mol. The van der Waals surface area contributed by atoms with E-state index in [1.54, 1.807) is 0 Å². The molecule has 0 spiro atoms. The normalized spacial score (nSPS) is 13.6. The summed E-state index contributed by atoms with van der Waals surface area (Å²) in [7, 11) is 0. The zero-order valence-electron chi connectivity index (χ0n) is 15.9. The molecule has 0 saturated heterocycles. The molecule has 0 fully saturated rings. The van der Waals surface area contributed by atoms with Gasteiger partial charge in [-0.1, -0.05) is 48.5 Å². The summed E-state index contributed by atoms with van der Waals surface area (Å²) in [6.07, 6.45) is 0. The van der Waals surface area contributed by atoms with Crippen LogP contribution in [0.2, 0.25) is 0 Å². The lowest BCUT2D eigenvalue weighted by atomic mass is 10.1. The summed E-state index contributed by atoms with van der Waals surface area (Å²) in [5, 5.41) is 16.5. The second kappa shape index (κ2) is 7.88. The van der Waals surface area contributed by atoms with Gasteiger partial charge in [0.15, 0.2) is 0 Å². The molecule has 1 aliphatic heterocycles. The molecule has 5 rings (SSSR count). The Labute approximate surface area is 179 Å². The molecule has 3 heterocycles. The number of benzene rings is 2. The van der Waals surface area contributed by atoms with Crippen molar-refractivity contribution in [1.82, 2.24) is 19.6 Å². The summed E-state index contributed by atoms with van der Waals surface area (Å²) >= 11 is 2.20. The van der Waals surface area contributed by atoms with Crippen molar-refractivity contribution >= 4 is 32.9 Å². The second-order valence-electron chi connectivity index (χ2n) is 7.01. The topological polar surface area (TPSA) is 93.8 Å². The van der Waals surface area contributed by atoms with Crippen LogP contribution in [-0.4, -0.2) is 19.6 Å². The van der Waals surface area contributed by atoms with Gasteiger partial charge in [-0.25, -0.2) is 9.36 Å². The Morgan fingerprint density at radius 1 is 0.700 bits per heavy atom. The number of rotatable bonds is 0. The summed E-state index contributed by atoms with van der Waals surface area (Å²) in [5.74, 6) is 0. The van der Waals surface area contributed by atoms with Gasteiger partial charge in [-0.3, -0.25) is 9.59 Å². The van der Waals surface area contributed by atoms with Gasteiger partial charge < -0.3 is 10.6 Å².